The van der Waals surface area contributed by atoms with Gasteiger partial charge in [0, 0.05) is 32.0 Å². The second-order valence-electron chi connectivity index (χ2n) is 6.65. The Kier molecular flexibility index (Phi) is 5.86. The standard InChI is InChI=1S/C22H23N3O4/c1-2-27-12-13-28-19-8-4-3-7-17(19)22(26)25-11-9-20-18(15-25)24-21(29-20)16-6-5-10-23-14-16/h3-8,10,14H,2,9,11-13,15H2,1H3. The Hall–Kier alpha value is -3.19. The van der Waals surface area contributed by atoms with Crippen LogP contribution in [0.4, 0.5) is 0 Å². The molecule has 3 aromatic rings. The van der Waals surface area contributed by atoms with Crippen molar-refractivity contribution >= 4 is 5.91 Å². The molecule has 7 nitrogen and oxygen atoms in total. The summed E-state index contributed by atoms with van der Waals surface area (Å²) in [7, 11) is 0. The Morgan fingerprint density at radius 2 is 2.10 bits per heavy atom. The highest BCUT2D eigenvalue weighted by molar-refractivity contribution is 5.97. The van der Waals surface area contributed by atoms with Crippen molar-refractivity contribution in [1.82, 2.24) is 14.9 Å². The normalized spacial score (nSPS) is 13.2. The highest BCUT2D eigenvalue weighted by atomic mass is 16.5. The lowest BCUT2D eigenvalue weighted by Gasteiger charge is -2.26. The first-order chi connectivity index (χ1) is 14.3. The molecule has 7 heteroatoms. The van der Waals surface area contributed by atoms with E-state index in [9.17, 15) is 4.79 Å². The van der Waals surface area contributed by atoms with Gasteiger partial charge in [0.2, 0.25) is 5.89 Å². The quantitative estimate of drug-likeness (QED) is 0.573. The minimum absolute atomic E-state index is 0.0754. The fourth-order valence-electron chi connectivity index (χ4n) is 3.28. The van der Waals surface area contributed by atoms with Gasteiger partial charge in [0.1, 0.15) is 23.8 Å². The maximum atomic E-state index is 13.1. The molecule has 0 radical (unpaired) electrons. The van der Waals surface area contributed by atoms with Gasteiger partial charge in [-0.2, -0.15) is 0 Å². The van der Waals surface area contributed by atoms with Crippen molar-refractivity contribution in [2.45, 2.75) is 19.9 Å². The van der Waals surface area contributed by atoms with E-state index in [0.717, 1.165) is 17.0 Å². The zero-order valence-electron chi connectivity index (χ0n) is 16.3. The van der Waals surface area contributed by atoms with E-state index >= 15 is 0 Å². The average Bonchev–Trinajstić information content (AvgIpc) is 3.21. The van der Waals surface area contributed by atoms with Crippen molar-refractivity contribution in [3.05, 3.63) is 65.8 Å². The predicted octanol–water partition coefficient (Wildman–Crippen LogP) is 3.35. The summed E-state index contributed by atoms with van der Waals surface area (Å²) in [5.74, 6) is 1.86. The SMILES string of the molecule is CCOCCOc1ccccc1C(=O)N1CCc2oc(-c3cccnc3)nc2C1. The number of pyridine rings is 1. The summed E-state index contributed by atoms with van der Waals surface area (Å²) < 4.78 is 17.0. The zero-order valence-corrected chi connectivity index (χ0v) is 16.3. The molecule has 0 fully saturated rings. The van der Waals surface area contributed by atoms with E-state index in [2.05, 4.69) is 9.97 Å². The number of oxazole rings is 1. The van der Waals surface area contributed by atoms with E-state index in [0.29, 0.717) is 56.5 Å². The van der Waals surface area contributed by atoms with E-state index < -0.39 is 0 Å². The summed E-state index contributed by atoms with van der Waals surface area (Å²) in [4.78, 5) is 23.6. The van der Waals surface area contributed by atoms with Gasteiger partial charge in [-0.1, -0.05) is 12.1 Å². The molecule has 0 N–H and O–H groups in total. The molecular formula is C22H23N3O4. The van der Waals surface area contributed by atoms with E-state index in [-0.39, 0.29) is 5.91 Å². The minimum atomic E-state index is -0.0754. The molecular weight excluding hydrogens is 370 g/mol. The molecule has 4 rings (SSSR count). The molecule has 0 unspecified atom stereocenters. The van der Waals surface area contributed by atoms with E-state index in [4.69, 9.17) is 13.9 Å². The number of benzene rings is 1. The fraction of sp³-hybridized carbons (Fsp3) is 0.318. The van der Waals surface area contributed by atoms with Crippen LogP contribution < -0.4 is 4.74 Å². The summed E-state index contributed by atoms with van der Waals surface area (Å²) in [6.45, 7) is 4.44. The van der Waals surface area contributed by atoms with E-state index in [1.165, 1.54) is 0 Å². The number of para-hydroxylation sites is 1. The number of carbonyl (C=O) groups is 1. The van der Waals surface area contributed by atoms with Crippen LogP contribution in [0.1, 0.15) is 28.7 Å². The largest absolute Gasteiger partial charge is 0.490 e. The summed E-state index contributed by atoms with van der Waals surface area (Å²) in [5.41, 5.74) is 2.16. The molecule has 0 saturated heterocycles. The van der Waals surface area contributed by atoms with E-state index in [1.807, 2.05) is 37.3 Å². The topological polar surface area (TPSA) is 77.7 Å². The van der Waals surface area contributed by atoms with Gasteiger partial charge in [0.25, 0.3) is 5.91 Å². The number of nitrogens with zero attached hydrogens (tertiary/aromatic N) is 3. The maximum Gasteiger partial charge on any atom is 0.257 e. The van der Waals surface area contributed by atoms with Crippen LogP contribution in [0.15, 0.2) is 53.2 Å². The molecule has 150 valence electrons. The van der Waals surface area contributed by atoms with Gasteiger partial charge in [-0.05, 0) is 31.2 Å². The number of ether oxygens (including phenoxy) is 2. The lowest BCUT2D eigenvalue weighted by atomic mass is 10.1. The van der Waals surface area contributed by atoms with Crippen LogP contribution in [0.2, 0.25) is 0 Å². The number of carbonyl (C=O) groups excluding carboxylic acids is 1. The van der Waals surface area contributed by atoms with Gasteiger partial charge in [-0.15, -0.1) is 0 Å². The molecule has 3 heterocycles. The van der Waals surface area contributed by atoms with Gasteiger partial charge >= 0.3 is 0 Å². The van der Waals surface area contributed by atoms with Crippen LogP contribution in [0.5, 0.6) is 5.75 Å². The lowest BCUT2D eigenvalue weighted by molar-refractivity contribution is 0.0718. The third-order valence-electron chi connectivity index (χ3n) is 4.73. The molecule has 0 aliphatic carbocycles. The van der Waals surface area contributed by atoms with Gasteiger partial charge < -0.3 is 18.8 Å². The Bertz CT molecular complexity index is 971. The minimum Gasteiger partial charge on any atom is -0.490 e. The zero-order chi connectivity index (χ0) is 20.1. The van der Waals surface area contributed by atoms with Crippen molar-refractivity contribution in [3.63, 3.8) is 0 Å². The van der Waals surface area contributed by atoms with Gasteiger partial charge in [-0.3, -0.25) is 9.78 Å². The Balaban J connectivity index is 1.48. The first-order valence-electron chi connectivity index (χ1n) is 9.74. The monoisotopic (exact) mass is 393 g/mol. The second-order valence-corrected chi connectivity index (χ2v) is 6.65. The number of hydrogen-bond donors (Lipinski definition) is 0. The molecule has 2 aromatic heterocycles. The third-order valence-corrected chi connectivity index (χ3v) is 4.73. The smallest absolute Gasteiger partial charge is 0.257 e. The Morgan fingerprint density at radius 1 is 1.21 bits per heavy atom. The van der Waals surface area contributed by atoms with Crippen molar-refractivity contribution in [2.75, 3.05) is 26.4 Å². The number of amides is 1. The fourth-order valence-corrected chi connectivity index (χ4v) is 3.28. The van der Waals surface area contributed by atoms with E-state index in [1.54, 1.807) is 23.4 Å². The molecule has 29 heavy (non-hydrogen) atoms. The summed E-state index contributed by atoms with van der Waals surface area (Å²) in [6, 6.07) is 11.1. The van der Waals surface area contributed by atoms with Gasteiger partial charge in [0.15, 0.2) is 0 Å². The number of aromatic nitrogens is 2. The first-order valence-corrected chi connectivity index (χ1v) is 9.74. The molecule has 0 spiro atoms. The van der Waals surface area contributed by atoms with Crippen LogP contribution >= 0.6 is 0 Å². The van der Waals surface area contributed by atoms with Crippen LogP contribution in [0.3, 0.4) is 0 Å². The molecule has 0 atom stereocenters. The number of fused-ring (bicyclic) bond motifs is 1. The molecule has 0 saturated carbocycles. The van der Waals surface area contributed by atoms with Crippen LogP contribution in [0.25, 0.3) is 11.5 Å². The van der Waals surface area contributed by atoms with Crippen molar-refractivity contribution in [3.8, 4) is 17.2 Å². The Morgan fingerprint density at radius 3 is 2.93 bits per heavy atom. The van der Waals surface area contributed by atoms with Crippen LogP contribution in [-0.4, -0.2) is 47.1 Å². The second kappa shape index (κ2) is 8.87. The Labute approximate surface area is 169 Å². The first kappa shape index (κ1) is 19.1. The van der Waals surface area contributed by atoms with Crippen molar-refractivity contribution < 1.29 is 18.7 Å². The molecule has 0 bridgehead atoms. The van der Waals surface area contributed by atoms with Gasteiger partial charge in [0.05, 0.1) is 24.3 Å². The molecule has 1 aliphatic rings. The number of rotatable bonds is 7. The van der Waals surface area contributed by atoms with Gasteiger partial charge in [-0.25, -0.2) is 4.98 Å². The summed E-state index contributed by atoms with van der Waals surface area (Å²) in [6.07, 6.45) is 4.05. The molecule has 1 amide bonds. The predicted molar refractivity (Wildman–Crippen MR) is 107 cm³/mol. The molecule has 1 aliphatic heterocycles. The third kappa shape index (κ3) is 4.30. The number of hydrogen-bond acceptors (Lipinski definition) is 6. The maximum absolute atomic E-state index is 13.1. The highest BCUT2D eigenvalue weighted by Gasteiger charge is 2.28. The van der Waals surface area contributed by atoms with Crippen LogP contribution in [-0.2, 0) is 17.7 Å². The average molecular weight is 393 g/mol. The van der Waals surface area contributed by atoms with Crippen molar-refractivity contribution in [1.29, 1.82) is 0 Å². The van der Waals surface area contributed by atoms with Crippen molar-refractivity contribution in [2.24, 2.45) is 0 Å². The lowest BCUT2D eigenvalue weighted by Crippen LogP contribution is -2.36. The highest BCUT2D eigenvalue weighted by Crippen LogP contribution is 2.28. The van der Waals surface area contributed by atoms with Crippen LogP contribution in [0, 0.1) is 0 Å². The summed E-state index contributed by atoms with van der Waals surface area (Å²) >= 11 is 0. The molecule has 1 aromatic carbocycles. The summed E-state index contributed by atoms with van der Waals surface area (Å²) in [5, 5.41) is 0.